The van der Waals surface area contributed by atoms with Crippen molar-refractivity contribution in [3.8, 4) is 0 Å². The standard InChI is InChI=1S/C50H99N2O6P/c1-6-8-10-12-14-16-18-20-22-23-24-25-26-27-28-29-30-32-34-36-38-40-42-44-50(54)51-48(47-58-59(55,56)57-46-45-52(3,4)5)49(53)43-41-39-37-35-33-31-21-19-17-15-13-11-9-7-2/h24-25,27-28,48-49,53H,6-23,26,29-47H2,1-5H3,(H-,51,54,55,56)/p+1/b25-24-,28-27-. The predicted octanol–water partition coefficient (Wildman–Crippen LogP) is 14.5. The van der Waals surface area contributed by atoms with Crippen molar-refractivity contribution in [3.63, 3.8) is 0 Å². The summed E-state index contributed by atoms with van der Waals surface area (Å²) < 4.78 is 23.7. The summed E-state index contributed by atoms with van der Waals surface area (Å²) >= 11 is 0. The van der Waals surface area contributed by atoms with Gasteiger partial charge >= 0.3 is 7.82 Å². The summed E-state index contributed by atoms with van der Waals surface area (Å²) in [5, 5.41) is 14.0. The molecule has 0 aliphatic rings. The second-order valence-electron chi connectivity index (χ2n) is 18.5. The van der Waals surface area contributed by atoms with Gasteiger partial charge in [0.05, 0.1) is 39.9 Å². The number of nitrogens with zero attached hydrogens (tertiary/aromatic N) is 1. The molecule has 0 spiro atoms. The normalized spacial score (nSPS) is 14.4. The molecule has 0 bridgehead atoms. The molecule has 0 aliphatic heterocycles. The van der Waals surface area contributed by atoms with Gasteiger partial charge in [-0.2, -0.15) is 0 Å². The van der Waals surface area contributed by atoms with E-state index >= 15 is 0 Å². The summed E-state index contributed by atoms with van der Waals surface area (Å²) in [4.78, 5) is 23.2. The van der Waals surface area contributed by atoms with E-state index in [0.29, 0.717) is 23.9 Å². The third-order valence-electron chi connectivity index (χ3n) is 11.5. The molecular formula is C50H100N2O6P+. The molecule has 8 nitrogen and oxygen atoms in total. The van der Waals surface area contributed by atoms with Gasteiger partial charge in [-0.3, -0.25) is 13.8 Å². The van der Waals surface area contributed by atoms with Gasteiger partial charge in [-0.05, 0) is 44.9 Å². The van der Waals surface area contributed by atoms with Crippen molar-refractivity contribution in [1.29, 1.82) is 0 Å². The first-order chi connectivity index (χ1) is 28.5. The van der Waals surface area contributed by atoms with Crippen molar-refractivity contribution in [2.24, 2.45) is 0 Å². The maximum atomic E-state index is 12.9. The highest BCUT2D eigenvalue weighted by atomic mass is 31.2. The monoisotopic (exact) mass is 856 g/mol. The maximum Gasteiger partial charge on any atom is 0.472 e. The van der Waals surface area contributed by atoms with Crippen LogP contribution >= 0.6 is 7.82 Å². The lowest BCUT2D eigenvalue weighted by Crippen LogP contribution is -2.46. The van der Waals surface area contributed by atoms with E-state index in [-0.39, 0.29) is 19.1 Å². The van der Waals surface area contributed by atoms with Crippen molar-refractivity contribution in [2.45, 2.75) is 251 Å². The molecule has 3 N–H and O–H groups in total. The van der Waals surface area contributed by atoms with Crippen LogP contribution in [0.1, 0.15) is 239 Å². The molecule has 9 heteroatoms. The number of rotatable bonds is 46. The fourth-order valence-electron chi connectivity index (χ4n) is 7.43. The lowest BCUT2D eigenvalue weighted by Gasteiger charge is -2.26. The molecule has 0 saturated heterocycles. The van der Waals surface area contributed by atoms with Crippen LogP contribution in [0.5, 0.6) is 0 Å². The van der Waals surface area contributed by atoms with Gasteiger partial charge in [-0.25, -0.2) is 4.57 Å². The molecule has 0 heterocycles. The van der Waals surface area contributed by atoms with Crippen LogP contribution in [0.25, 0.3) is 0 Å². The maximum absolute atomic E-state index is 12.9. The minimum absolute atomic E-state index is 0.0737. The Kier molecular flexibility index (Phi) is 41.6. The van der Waals surface area contributed by atoms with E-state index in [9.17, 15) is 19.4 Å². The van der Waals surface area contributed by atoms with Crippen molar-refractivity contribution in [3.05, 3.63) is 24.3 Å². The Morgan fingerprint density at radius 3 is 1.39 bits per heavy atom. The van der Waals surface area contributed by atoms with E-state index in [2.05, 4.69) is 43.5 Å². The molecular weight excluding hydrogens is 756 g/mol. The molecule has 0 saturated carbocycles. The third-order valence-corrected chi connectivity index (χ3v) is 12.4. The summed E-state index contributed by atoms with van der Waals surface area (Å²) in [5.74, 6) is -0.150. The van der Waals surface area contributed by atoms with Gasteiger partial charge in [0.15, 0.2) is 0 Å². The smallest absolute Gasteiger partial charge is 0.391 e. The lowest BCUT2D eigenvalue weighted by atomic mass is 10.0. The van der Waals surface area contributed by atoms with Gasteiger partial charge in [0.2, 0.25) is 5.91 Å². The van der Waals surface area contributed by atoms with Crippen LogP contribution in [0.4, 0.5) is 0 Å². The summed E-state index contributed by atoms with van der Waals surface area (Å²) in [7, 11) is 1.61. The Hall–Kier alpha value is -1.02. The number of hydrogen-bond donors (Lipinski definition) is 3. The first kappa shape index (κ1) is 58.0. The van der Waals surface area contributed by atoms with Gasteiger partial charge < -0.3 is 19.8 Å². The largest absolute Gasteiger partial charge is 0.472 e. The Morgan fingerprint density at radius 1 is 0.576 bits per heavy atom. The zero-order chi connectivity index (χ0) is 43.6. The molecule has 0 fully saturated rings. The Labute approximate surface area is 366 Å². The van der Waals surface area contributed by atoms with Crippen LogP contribution in [0.2, 0.25) is 0 Å². The highest BCUT2D eigenvalue weighted by molar-refractivity contribution is 7.47. The second-order valence-corrected chi connectivity index (χ2v) is 20.0. The van der Waals surface area contributed by atoms with Crippen LogP contribution in [0, 0.1) is 0 Å². The zero-order valence-corrected chi connectivity index (χ0v) is 40.7. The molecule has 0 rings (SSSR count). The second kappa shape index (κ2) is 42.3. The molecule has 3 atom stereocenters. The number of amides is 1. The average Bonchev–Trinajstić information content (AvgIpc) is 3.19. The third kappa shape index (κ3) is 44.8. The number of likely N-dealkylation sites (N-methyl/N-ethyl adjacent to an activating group) is 1. The number of aliphatic hydroxyl groups is 1. The van der Waals surface area contributed by atoms with Gasteiger partial charge in [0, 0.05) is 6.42 Å². The number of quaternary nitrogens is 1. The highest BCUT2D eigenvalue weighted by Crippen LogP contribution is 2.43. The predicted molar refractivity (Wildman–Crippen MR) is 254 cm³/mol. The minimum Gasteiger partial charge on any atom is -0.391 e. The number of hydrogen-bond acceptors (Lipinski definition) is 5. The van der Waals surface area contributed by atoms with Crippen molar-refractivity contribution in [2.75, 3.05) is 40.9 Å². The van der Waals surface area contributed by atoms with E-state index in [1.54, 1.807) is 0 Å². The summed E-state index contributed by atoms with van der Waals surface area (Å²) in [5.41, 5.74) is 0. The van der Waals surface area contributed by atoms with Gasteiger partial charge in [-0.15, -0.1) is 0 Å². The van der Waals surface area contributed by atoms with Crippen LogP contribution in [0.15, 0.2) is 24.3 Å². The number of phosphoric acid groups is 1. The average molecular weight is 856 g/mol. The number of carbonyl (C=O) groups excluding carboxylic acids is 1. The Morgan fingerprint density at radius 2 is 0.966 bits per heavy atom. The van der Waals surface area contributed by atoms with Gasteiger partial charge in [0.25, 0.3) is 0 Å². The summed E-state index contributed by atoms with van der Waals surface area (Å²) in [6.07, 6.45) is 50.7. The Balaban J connectivity index is 4.25. The molecule has 59 heavy (non-hydrogen) atoms. The van der Waals surface area contributed by atoms with E-state index in [1.165, 1.54) is 161 Å². The van der Waals surface area contributed by atoms with E-state index in [1.807, 2.05) is 21.1 Å². The highest BCUT2D eigenvalue weighted by Gasteiger charge is 2.28. The topological polar surface area (TPSA) is 105 Å². The number of allylic oxidation sites excluding steroid dienone is 4. The number of carbonyl (C=O) groups is 1. The van der Waals surface area contributed by atoms with Crippen LogP contribution in [0.3, 0.4) is 0 Å². The molecule has 0 aromatic rings. The van der Waals surface area contributed by atoms with Crippen molar-refractivity contribution >= 4 is 13.7 Å². The Bertz CT molecular complexity index is 1020. The van der Waals surface area contributed by atoms with Crippen LogP contribution in [-0.4, -0.2) is 73.4 Å². The summed E-state index contributed by atoms with van der Waals surface area (Å²) in [6.45, 7) is 4.90. The fourth-order valence-corrected chi connectivity index (χ4v) is 8.17. The zero-order valence-electron chi connectivity index (χ0n) is 39.8. The number of aliphatic hydroxyl groups excluding tert-OH is 1. The van der Waals surface area contributed by atoms with Gasteiger partial charge in [0.1, 0.15) is 13.2 Å². The first-order valence-electron chi connectivity index (χ1n) is 25.2. The lowest BCUT2D eigenvalue weighted by molar-refractivity contribution is -0.870. The summed E-state index contributed by atoms with van der Waals surface area (Å²) in [6, 6.07) is -0.762. The molecule has 0 aliphatic carbocycles. The molecule has 0 aromatic heterocycles. The molecule has 0 aromatic carbocycles. The SMILES string of the molecule is CCCCCCCCCCC/C=C\C/C=C\CCCCCCCCCC(=O)NC(COP(=O)(O)OCC[N+](C)(C)C)C(O)CCCCCCCCCCCCCCCC. The first-order valence-corrected chi connectivity index (χ1v) is 26.7. The van der Waals surface area contributed by atoms with Crippen LogP contribution in [-0.2, 0) is 18.4 Å². The minimum atomic E-state index is -4.32. The number of unbranched alkanes of at least 4 members (excludes halogenated alkanes) is 29. The van der Waals surface area contributed by atoms with E-state index in [4.69, 9.17) is 9.05 Å². The van der Waals surface area contributed by atoms with E-state index in [0.717, 1.165) is 51.4 Å². The van der Waals surface area contributed by atoms with Crippen LogP contribution < -0.4 is 5.32 Å². The fraction of sp³-hybridized carbons (Fsp3) is 0.900. The molecule has 0 radical (unpaired) electrons. The molecule has 3 unspecified atom stereocenters. The van der Waals surface area contributed by atoms with E-state index < -0.39 is 20.0 Å². The molecule has 1 amide bonds. The van der Waals surface area contributed by atoms with Gasteiger partial charge in [-0.1, -0.05) is 212 Å². The van der Waals surface area contributed by atoms with Crippen molar-refractivity contribution in [1.82, 2.24) is 5.32 Å². The quantitative estimate of drug-likeness (QED) is 0.0244. The number of nitrogens with one attached hydrogen (secondary N) is 1. The molecule has 350 valence electrons. The van der Waals surface area contributed by atoms with Crippen molar-refractivity contribution < 1.29 is 32.9 Å². The number of phosphoric ester groups is 1.